The molecule has 0 saturated carbocycles. The van der Waals surface area contributed by atoms with E-state index in [0.717, 1.165) is 44.5 Å². The Morgan fingerprint density at radius 3 is 2.89 bits per heavy atom. The van der Waals surface area contributed by atoms with Gasteiger partial charge in [0, 0.05) is 18.9 Å². The van der Waals surface area contributed by atoms with E-state index >= 15 is 0 Å². The summed E-state index contributed by atoms with van der Waals surface area (Å²) in [6, 6.07) is 0. The van der Waals surface area contributed by atoms with Crippen molar-refractivity contribution in [2.75, 3.05) is 0 Å². The van der Waals surface area contributed by atoms with E-state index in [9.17, 15) is 9.59 Å². The number of hydrogen-bond donors (Lipinski definition) is 0. The fourth-order valence-electron chi connectivity index (χ4n) is 2.26. The maximum absolute atomic E-state index is 12.1. The Morgan fingerprint density at radius 1 is 1.39 bits per heavy atom. The second-order valence-electron chi connectivity index (χ2n) is 5.09. The molecule has 1 aliphatic rings. The van der Waals surface area contributed by atoms with E-state index in [1.807, 2.05) is 13.8 Å². The minimum atomic E-state index is -0.122. The van der Waals surface area contributed by atoms with Crippen molar-refractivity contribution >= 4 is 5.78 Å². The molecule has 1 unspecified atom stereocenters. The van der Waals surface area contributed by atoms with E-state index in [4.69, 9.17) is 0 Å². The van der Waals surface area contributed by atoms with Crippen LogP contribution in [0.5, 0.6) is 0 Å². The molecule has 0 aromatic carbocycles. The van der Waals surface area contributed by atoms with Gasteiger partial charge in [-0.05, 0) is 19.3 Å². The summed E-state index contributed by atoms with van der Waals surface area (Å²) in [7, 11) is 0. The maximum Gasteiger partial charge on any atom is 0.346 e. The molecule has 0 radical (unpaired) electrons. The van der Waals surface area contributed by atoms with Crippen LogP contribution in [-0.2, 0) is 24.3 Å². The van der Waals surface area contributed by atoms with E-state index < -0.39 is 0 Å². The summed E-state index contributed by atoms with van der Waals surface area (Å²) >= 11 is 0. The van der Waals surface area contributed by atoms with Crippen LogP contribution in [0.4, 0.5) is 0 Å². The molecule has 1 aliphatic heterocycles. The summed E-state index contributed by atoms with van der Waals surface area (Å²) in [5, 5.41) is 4.31. The first kappa shape index (κ1) is 13.1. The minimum absolute atomic E-state index is 0.00148. The highest BCUT2D eigenvalue weighted by atomic mass is 16.2. The Hall–Kier alpha value is -1.39. The molecule has 1 aromatic heterocycles. The Labute approximate surface area is 107 Å². The number of ketones is 1. The van der Waals surface area contributed by atoms with Gasteiger partial charge in [0.25, 0.3) is 0 Å². The topological polar surface area (TPSA) is 56.9 Å². The van der Waals surface area contributed by atoms with Crippen LogP contribution < -0.4 is 5.69 Å². The van der Waals surface area contributed by atoms with E-state index in [2.05, 4.69) is 5.10 Å². The number of aryl methyl sites for hydroxylation is 1. The third kappa shape index (κ3) is 2.54. The average Bonchev–Trinajstić information content (AvgIpc) is 2.57. The second-order valence-corrected chi connectivity index (χ2v) is 5.09. The van der Waals surface area contributed by atoms with Gasteiger partial charge >= 0.3 is 5.69 Å². The predicted octanol–water partition coefficient (Wildman–Crippen LogP) is 1.39. The van der Waals surface area contributed by atoms with Crippen molar-refractivity contribution in [3.63, 3.8) is 0 Å². The van der Waals surface area contributed by atoms with Crippen LogP contribution in [-0.4, -0.2) is 20.1 Å². The molecule has 2 heterocycles. The predicted molar refractivity (Wildman–Crippen MR) is 68.5 cm³/mol. The summed E-state index contributed by atoms with van der Waals surface area (Å²) in [4.78, 5) is 24.0. The average molecular weight is 251 g/mol. The quantitative estimate of drug-likeness (QED) is 0.812. The molecule has 0 bridgehead atoms. The number of nitrogens with zero attached hydrogens (tertiary/aromatic N) is 3. The van der Waals surface area contributed by atoms with E-state index in [-0.39, 0.29) is 23.9 Å². The molecule has 5 heteroatoms. The van der Waals surface area contributed by atoms with Gasteiger partial charge in [0.15, 0.2) is 5.78 Å². The van der Waals surface area contributed by atoms with Crippen molar-refractivity contribution in [2.24, 2.45) is 5.92 Å². The van der Waals surface area contributed by atoms with Crippen LogP contribution in [0, 0.1) is 5.92 Å². The second kappa shape index (κ2) is 5.50. The van der Waals surface area contributed by atoms with Gasteiger partial charge in [-0.1, -0.05) is 20.3 Å². The first-order chi connectivity index (χ1) is 8.63. The smallest absolute Gasteiger partial charge is 0.297 e. The fourth-order valence-corrected chi connectivity index (χ4v) is 2.26. The van der Waals surface area contributed by atoms with Crippen LogP contribution >= 0.6 is 0 Å². The summed E-state index contributed by atoms with van der Waals surface area (Å²) in [6.45, 7) is 4.74. The lowest BCUT2D eigenvalue weighted by molar-refractivity contribution is -0.123. The molecule has 18 heavy (non-hydrogen) atoms. The number of fused-ring (bicyclic) bond motifs is 1. The van der Waals surface area contributed by atoms with Gasteiger partial charge in [0.05, 0.1) is 0 Å². The molecular formula is C13H21N3O2. The summed E-state index contributed by atoms with van der Waals surface area (Å²) in [6.07, 6.45) is 4.91. The van der Waals surface area contributed by atoms with Crippen LogP contribution in [0.1, 0.15) is 45.4 Å². The third-order valence-electron chi connectivity index (χ3n) is 3.75. The van der Waals surface area contributed by atoms with Crippen LogP contribution in [0.3, 0.4) is 0 Å². The lowest BCUT2D eigenvalue weighted by Gasteiger charge is -2.06. The number of carbonyl (C=O) groups excluding carboxylic acids is 1. The van der Waals surface area contributed by atoms with Crippen LogP contribution in [0.15, 0.2) is 4.79 Å². The largest absolute Gasteiger partial charge is 0.346 e. The lowest BCUT2D eigenvalue weighted by atomic mass is 10.0. The molecule has 5 nitrogen and oxygen atoms in total. The van der Waals surface area contributed by atoms with E-state index in [1.54, 1.807) is 4.57 Å². The molecule has 0 amide bonds. The Morgan fingerprint density at radius 2 is 2.17 bits per heavy atom. The highest BCUT2D eigenvalue weighted by Gasteiger charge is 2.18. The zero-order valence-corrected chi connectivity index (χ0v) is 11.2. The zero-order valence-electron chi connectivity index (χ0n) is 11.2. The van der Waals surface area contributed by atoms with Crippen molar-refractivity contribution < 1.29 is 4.79 Å². The molecule has 0 spiro atoms. The van der Waals surface area contributed by atoms with Crippen molar-refractivity contribution in [1.29, 1.82) is 0 Å². The van der Waals surface area contributed by atoms with Crippen LogP contribution in [0.2, 0.25) is 0 Å². The van der Waals surface area contributed by atoms with Gasteiger partial charge in [0.1, 0.15) is 12.4 Å². The Balaban J connectivity index is 2.20. The number of hydrogen-bond acceptors (Lipinski definition) is 3. The highest BCUT2D eigenvalue weighted by Crippen LogP contribution is 2.10. The molecule has 100 valence electrons. The zero-order chi connectivity index (χ0) is 13.1. The van der Waals surface area contributed by atoms with Crippen molar-refractivity contribution in [3.05, 3.63) is 16.3 Å². The minimum Gasteiger partial charge on any atom is -0.297 e. The lowest BCUT2D eigenvalue weighted by Crippen LogP contribution is -2.29. The molecule has 0 saturated heterocycles. The molecular weight excluding hydrogens is 230 g/mol. The van der Waals surface area contributed by atoms with Crippen molar-refractivity contribution in [1.82, 2.24) is 14.3 Å². The summed E-state index contributed by atoms with van der Waals surface area (Å²) in [5.74, 6) is 0.931. The fraction of sp³-hybridized carbons (Fsp3) is 0.769. The van der Waals surface area contributed by atoms with Gasteiger partial charge in [-0.25, -0.2) is 9.48 Å². The van der Waals surface area contributed by atoms with Crippen molar-refractivity contribution in [2.45, 2.75) is 59.0 Å². The van der Waals surface area contributed by atoms with E-state index in [1.165, 1.54) is 4.68 Å². The number of aromatic nitrogens is 3. The molecule has 1 atom stereocenters. The molecule has 0 fully saturated rings. The Bertz CT molecular complexity index is 487. The molecule has 0 aliphatic carbocycles. The third-order valence-corrected chi connectivity index (χ3v) is 3.75. The standard InChI is InChI=1S/C13H21N3O2/c1-3-10(2)11(17)9-16-13(18)15-8-6-4-5-7-12(15)14-16/h10H,3-9H2,1-2H3. The normalized spacial score (nSPS) is 17.0. The molecule has 2 rings (SSSR count). The highest BCUT2D eigenvalue weighted by molar-refractivity contribution is 5.80. The monoisotopic (exact) mass is 251 g/mol. The van der Waals surface area contributed by atoms with Gasteiger partial charge < -0.3 is 0 Å². The number of carbonyl (C=O) groups is 1. The van der Waals surface area contributed by atoms with Gasteiger partial charge in [-0.3, -0.25) is 9.36 Å². The van der Waals surface area contributed by atoms with Crippen LogP contribution in [0.25, 0.3) is 0 Å². The first-order valence-corrected chi connectivity index (χ1v) is 6.82. The number of rotatable bonds is 4. The summed E-state index contributed by atoms with van der Waals surface area (Å²) in [5.41, 5.74) is -0.122. The van der Waals surface area contributed by atoms with Gasteiger partial charge in [-0.15, -0.1) is 0 Å². The molecule has 0 N–H and O–H groups in total. The molecule has 1 aromatic rings. The van der Waals surface area contributed by atoms with E-state index in [0.29, 0.717) is 0 Å². The number of Topliss-reactive ketones (excluding diaryl/α,β-unsaturated/α-hetero) is 1. The summed E-state index contributed by atoms with van der Waals surface area (Å²) < 4.78 is 3.08. The Kier molecular flexibility index (Phi) is 3.99. The maximum atomic E-state index is 12.1. The SMILES string of the molecule is CCC(C)C(=O)Cn1nc2n(c1=O)CCCCC2. The van der Waals surface area contributed by atoms with Gasteiger partial charge in [-0.2, -0.15) is 5.10 Å². The van der Waals surface area contributed by atoms with Crippen molar-refractivity contribution in [3.8, 4) is 0 Å². The van der Waals surface area contributed by atoms with Gasteiger partial charge in [0.2, 0.25) is 0 Å². The first-order valence-electron chi connectivity index (χ1n) is 6.82.